The minimum Gasteiger partial charge on any atom is -0.404 e. The Balaban J connectivity index is 2.03. The highest BCUT2D eigenvalue weighted by Gasteiger charge is 2.16. The highest BCUT2D eigenvalue weighted by Crippen LogP contribution is 2.21. The largest absolute Gasteiger partial charge is 0.404 e. The molecule has 0 saturated heterocycles. The molecule has 0 aliphatic rings. The van der Waals surface area contributed by atoms with E-state index in [1.807, 2.05) is 24.3 Å². The summed E-state index contributed by atoms with van der Waals surface area (Å²) in [7, 11) is 0. The predicted molar refractivity (Wildman–Crippen MR) is 87.7 cm³/mol. The van der Waals surface area contributed by atoms with Crippen molar-refractivity contribution in [3.8, 4) is 11.8 Å². The molecule has 0 bridgehead atoms. The first kappa shape index (κ1) is 15.0. The Morgan fingerprint density at radius 3 is 2.96 bits per heavy atom. The third-order valence-electron chi connectivity index (χ3n) is 3.32. The Bertz CT molecular complexity index is 827. The molecule has 6 heteroatoms. The number of imidazole rings is 1. The van der Waals surface area contributed by atoms with Gasteiger partial charge in [0.1, 0.15) is 0 Å². The highest BCUT2D eigenvalue weighted by atomic mass is 16.5. The van der Waals surface area contributed by atoms with E-state index in [-0.39, 0.29) is 0 Å². The van der Waals surface area contributed by atoms with Crippen LogP contribution in [0.5, 0.6) is 5.88 Å². The van der Waals surface area contributed by atoms with Crippen LogP contribution in [0.25, 0.3) is 17.0 Å². The molecule has 3 aromatic rings. The third-order valence-corrected chi connectivity index (χ3v) is 3.32. The number of benzene rings is 1. The lowest BCUT2D eigenvalue weighted by Gasteiger charge is -2.02. The average Bonchev–Trinajstić information content (AvgIpc) is 3.11. The maximum absolute atomic E-state index is 11.8. The molecule has 0 aliphatic carbocycles. The maximum atomic E-state index is 11.8. The normalized spacial score (nSPS) is 11.4. The van der Waals surface area contributed by atoms with E-state index in [9.17, 15) is 4.79 Å². The van der Waals surface area contributed by atoms with E-state index < -0.39 is 5.97 Å². The van der Waals surface area contributed by atoms with Gasteiger partial charge in [-0.05, 0) is 25.5 Å². The summed E-state index contributed by atoms with van der Waals surface area (Å²) in [4.78, 5) is 19.5. The number of hydrogen-bond acceptors (Lipinski definition) is 4. The van der Waals surface area contributed by atoms with Gasteiger partial charge in [0.25, 0.3) is 0 Å². The quantitative estimate of drug-likeness (QED) is 0.580. The summed E-state index contributed by atoms with van der Waals surface area (Å²) in [5.74, 6) is 0.445. The van der Waals surface area contributed by atoms with Crippen LogP contribution in [-0.4, -0.2) is 25.7 Å². The van der Waals surface area contributed by atoms with Gasteiger partial charge in [0.05, 0.1) is 16.7 Å². The number of nitrogens with one attached hydrogen (secondary N) is 1. The van der Waals surface area contributed by atoms with Crippen molar-refractivity contribution >= 4 is 17.0 Å². The Morgan fingerprint density at radius 2 is 2.22 bits per heavy atom. The molecule has 0 unspecified atom stereocenters. The van der Waals surface area contributed by atoms with Gasteiger partial charge in [-0.2, -0.15) is 9.78 Å². The van der Waals surface area contributed by atoms with E-state index in [1.165, 1.54) is 10.8 Å². The van der Waals surface area contributed by atoms with Gasteiger partial charge in [0.15, 0.2) is 0 Å². The fourth-order valence-corrected chi connectivity index (χ4v) is 2.33. The summed E-state index contributed by atoms with van der Waals surface area (Å²) in [5, 5.41) is 4.50. The Kier molecular flexibility index (Phi) is 4.23. The van der Waals surface area contributed by atoms with Gasteiger partial charge in [-0.15, -0.1) is 0 Å². The van der Waals surface area contributed by atoms with Crippen LogP contribution in [-0.2, 0) is 11.2 Å². The van der Waals surface area contributed by atoms with Gasteiger partial charge in [-0.25, -0.2) is 9.78 Å². The molecule has 0 aliphatic heterocycles. The van der Waals surface area contributed by atoms with Crippen LogP contribution in [0.1, 0.15) is 26.0 Å². The lowest BCUT2D eigenvalue weighted by atomic mass is 10.2. The van der Waals surface area contributed by atoms with Gasteiger partial charge >= 0.3 is 5.97 Å². The lowest BCUT2D eigenvalue weighted by molar-refractivity contribution is -0.129. The fraction of sp³-hybridized carbons (Fsp3) is 0.235. The van der Waals surface area contributed by atoms with Crippen molar-refractivity contribution in [2.45, 2.75) is 26.7 Å². The summed E-state index contributed by atoms with van der Waals surface area (Å²) >= 11 is 0. The Morgan fingerprint density at radius 1 is 1.39 bits per heavy atom. The van der Waals surface area contributed by atoms with Crippen molar-refractivity contribution < 1.29 is 9.53 Å². The maximum Gasteiger partial charge on any atom is 0.337 e. The van der Waals surface area contributed by atoms with Gasteiger partial charge in [-0.3, -0.25) is 0 Å². The number of hydrogen-bond donors (Lipinski definition) is 1. The van der Waals surface area contributed by atoms with Crippen molar-refractivity contribution in [1.82, 2.24) is 19.7 Å². The number of nitrogens with zero attached hydrogens (tertiary/aromatic N) is 3. The molecule has 118 valence electrons. The zero-order valence-corrected chi connectivity index (χ0v) is 13.1. The molecule has 0 amide bonds. The monoisotopic (exact) mass is 310 g/mol. The molecular weight excluding hydrogens is 292 g/mol. The number of para-hydroxylation sites is 2. The third kappa shape index (κ3) is 3.15. The van der Waals surface area contributed by atoms with E-state index in [2.05, 4.69) is 22.0 Å². The van der Waals surface area contributed by atoms with E-state index in [1.54, 1.807) is 19.1 Å². The number of aryl methyl sites for hydroxylation is 1. The molecule has 2 aromatic heterocycles. The van der Waals surface area contributed by atoms with Crippen LogP contribution in [0.2, 0.25) is 0 Å². The van der Waals surface area contributed by atoms with Crippen molar-refractivity contribution in [1.29, 1.82) is 0 Å². The first-order valence-corrected chi connectivity index (χ1v) is 7.60. The first-order chi connectivity index (χ1) is 11.2. The van der Waals surface area contributed by atoms with Crippen molar-refractivity contribution in [3.05, 3.63) is 48.2 Å². The van der Waals surface area contributed by atoms with Gasteiger partial charge in [-0.1, -0.05) is 31.6 Å². The van der Waals surface area contributed by atoms with Crippen LogP contribution in [0.3, 0.4) is 0 Å². The summed E-state index contributed by atoms with van der Waals surface area (Å²) < 4.78 is 6.91. The van der Waals surface area contributed by atoms with Crippen molar-refractivity contribution in [3.63, 3.8) is 0 Å². The molecule has 0 fully saturated rings. The van der Waals surface area contributed by atoms with Gasteiger partial charge in [0.2, 0.25) is 11.8 Å². The zero-order valence-electron chi connectivity index (χ0n) is 13.1. The standard InChI is InChI=1S/C17H18N4O2/c1-3-7-12-11-15(23-16(22)8-4-2)21(20-12)17-18-13-9-5-6-10-14(13)19-17/h4-6,8-11H,3,7H2,1-2H3,(H,18,19)/b8-4+. The molecule has 0 radical (unpaired) electrons. The van der Waals surface area contributed by atoms with E-state index >= 15 is 0 Å². The number of H-pyrrole nitrogens is 1. The SMILES string of the molecule is C/C=C/C(=O)Oc1cc(CCC)nn1-c1nc2ccccc2[nH]1. The number of aromatic nitrogens is 4. The summed E-state index contributed by atoms with van der Waals surface area (Å²) in [6.45, 7) is 3.84. The summed E-state index contributed by atoms with van der Waals surface area (Å²) in [5.41, 5.74) is 2.60. The molecule has 6 nitrogen and oxygen atoms in total. The number of esters is 1. The molecule has 0 spiro atoms. The lowest BCUT2D eigenvalue weighted by Crippen LogP contribution is -2.09. The number of fused-ring (bicyclic) bond motifs is 1. The van der Waals surface area contributed by atoms with E-state index in [0.717, 1.165) is 29.6 Å². The number of aromatic amines is 1. The average molecular weight is 310 g/mol. The number of ether oxygens (including phenoxy) is 1. The van der Waals surface area contributed by atoms with Crippen LogP contribution in [0.4, 0.5) is 0 Å². The number of rotatable bonds is 5. The minimum absolute atomic E-state index is 0.357. The summed E-state index contributed by atoms with van der Waals surface area (Å²) in [6, 6.07) is 9.48. The Labute approximate surface area is 133 Å². The Hall–Kier alpha value is -2.89. The molecule has 1 aromatic carbocycles. The summed E-state index contributed by atoms with van der Waals surface area (Å²) in [6.07, 6.45) is 4.77. The van der Waals surface area contributed by atoms with Crippen LogP contribution < -0.4 is 4.74 Å². The molecule has 2 heterocycles. The van der Waals surface area contributed by atoms with Crippen LogP contribution in [0.15, 0.2) is 42.5 Å². The van der Waals surface area contributed by atoms with Crippen molar-refractivity contribution in [2.24, 2.45) is 0 Å². The molecule has 0 saturated carbocycles. The molecule has 1 N–H and O–H groups in total. The number of allylic oxidation sites excluding steroid dienone is 1. The second kappa shape index (κ2) is 6.48. The van der Waals surface area contributed by atoms with Crippen LogP contribution in [0, 0.1) is 0 Å². The zero-order chi connectivity index (χ0) is 16.2. The van der Waals surface area contributed by atoms with Crippen molar-refractivity contribution in [2.75, 3.05) is 0 Å². The fourth-order valence-electron chi connectivity index (χ4n) is 2.33. The first-order valence-electron chi connectivity index (χ1n) is 7.60. The number of carbonyl (C=O) groups excluding carboxylic acids is 1. The molecule has 0 atom stereocenters. The molecular formula is C17H18N4O2. The van der Waals surface area contributed by atoms with Crippen LogP contribution >= 0.6 is 0 Å². The topological polar surface area (TPSA) is 72.8 Å². The smallest absolute Gasteiger partial charge is 0.337 e. The highest BCUT2D eigenvalue weighted by molar-refractivity contribution is 5.83. The van der Waals surface area contributed by atoms with E-state index in [4.69, 9.17) is 4.74 Å². The molecule has 23 heavy (non-hydrogen) atoms. The second-order valence-electron chi connectivity index (χ2n) is 5.13. The van der Waals surface area contributed by atoms with E-state index in [0.29, 0.717) is 11.8 Å². The predicted octanol–water partition coefficient (Wildman–Crippen LogP) is 3.18. The number of carbonyl (C=O) groups is 1. The van der Waals surface area contributed by atoms with Gasteiger partial charge < -0.3 is 9.72 Å². The second-order valence-corrected chi connectivity index (χ2v) is 5.13. The minimum atomic E-state index is -0.437. The molecule has 3 rings (SSSR count). The van der Waals surface area contributed by atoms with Gasteiger partial charge in [0, 0.05) is 12.1 Å².